The molecule has 13 heavy (non-hydrogen) atoms. The summed E-state index contributed by atoms with van der Waals surface area (Å²) >= 11 is 5.89. The van der Waals surface area contributed by atoms with E-state index in [9.17, 15) is 4.79 Å². The number of halogens is 1. The molecule has 0 bridgehead atoms. The summed E-state index contributed by atoms with van der Waals surface area (Å²) in [6.07, 6.45) is 0. The zero-order valence-corrected chi connectivity index (χ0v) is 8.72. The van der Waals surface area contributed by atoms with Crippen LogP contribution in [-0.2, 0) is 0 Å². The number of rotatable bonds is 1. The largest absolute Gasteiger partial charge is 0.345 e. The van der Waals surface area contributed by atoms with Crippen molar-refractivity contribution in [1.82, 2.24) is 4.90 Å². The van der Waals surface area contributed by atoms with Crippen molar-refractivity contribution < 1.29 is 4.79 Å². The molecule has 0 fully saturated rings. The lowest BCUT2D eigenvalue weighted by molar-refractivity contribution is 0.0827. The fourth-order valence-corrected chi connectivity index (χ4v) is 1.16. The Bertz CT molecular complexity index is 334. The summed E-state index contributed by atoms with van der Waals surface area (Å²) in [5.74, 6) is -0.0260. The minimum absolute atomic E-state index is 0.0260. The Balaban J connectivity index is 3.04. The Hall–Kier alpha value is -1.02. The van der Waals surface area contributed by atoms with E-state index in [-0.39, 0.29) is 5.91 Å². The van der Waals surface area contributed by atoms with Crippen LogP contribution in [0.15, 0.2) is 18.2 Å². The SMILES string of the molecule is Cc1ccc(C(=O)N(C)C)cc1Cl. The van der Waals surface area contributed by atoms with Crippen molar-refractivity contribution >= 4 is 17.5 Å². The van der Waals surface area contributed by atoms with E-state index in [4.69, 9.17) is 11.6 Å². The van der Waals surface area contributed by atoms with Gasteiger partial charge in [0.2, 0.25) is 0 Å². The summed E-state index contributed by atoms with van der Waals surface area (Å²) in [7, 11) is 3.44. The Morgan fingerprint density at radius 1 is 1.38 bits per heavy atom. The molecule has 0 spiro atoms. The molecule has 0 atom stereocenters. The molecule has 70 valence electrons. The predicted octanol–water partition coefficient (Wildman–Crippen LogP) is 2.35. The molecule has 0 aliphatic carbocycles. The number of hydrogen-bond acceptors (Lipinski definition) is 1. The van der Waals surface area contributed by atoms with E-state index < -0.39 is 0 Å². The third-order valence-corrected chi connectivity index (χ3v) is 2.23. The van der Waals surface area contributed by atoms with Crippen molar-refractivity contribution in [1.29, 1.82) is 0 Å². The maximum Gasteiger partial charge on any atom is 0.253 e. The second-order valence-electron chi connectivity index (χ2n) is 3.16. The lowest BCUT2D eigenvalue weighted by Gasteiger charge is -2.10. The van der Waals surface area contributed by atoms with E-state index >= 15 is 0 Å². The second kappa shape index (κ2) is 3.79. The van der Waals surface area contributed by atoms with Gasteiger partial charge in [0, 0.05) is 24.7 Å². The van der Waals surface area contributed by atoms with Gasteiger partial charge in [-0.15, -0.1) is 0 Å². The normalized spacial score (nSPS) is 9.85. The number of hydrogen-bond donors (Lipinski definition) is 0. The van der Waals surface area contributed by atoms with Gasteiger partial charge in [-0.1, -0.05) is 17.7 Å². The number of carbonyl (C=O) groups is 1. The molecule has 0 N–H and O–H groups in total. The van der Waals surface area contributed by atoms with Crippen LogP contribution >= 0.6 is 11.6 Å². The summed E-state index contributed by atoms with van der Waals surface area (Å²) in [6.45, 7) is 1.91. The lowest BCUT2D eigenvalue weighted by Crippen LogP contribution is -2.21. The minimum atomic E-state index is -0.0260. The fraction of sp³-hybridized carbons (Fsp3) is 0.300. The first-order valence-corrected chi connectivity index (χ1v) is 4.38. The average Bonchev–Trinajstić information content (AvgIpc) is 2.08. The van der Waals surface area contributed by atoms with Crippen LogP contribution < -0.4 is 0 Å². The van der Waals surface area contributed by atoms with E-state index in [1.165, 1.54) is 4.90 Å². The number of benzene rings is 1. The third kappa shape index (κ3) is 2.22. The van der Waals surface area contributed by atoms with Gasteiger partial charge in [0.25, 0.3) is 5.91 Å². The molecule has 0 saturated heterocycles. The molecule has 1 rings (SSSR count). The Morgan fingerprint density at radius 3 is 2.46 bits per heavy atom. The standard InChI is InChI=1S/C10H12ClNO/c1-7-4-5-8(6-9(7)11)10(13)12(2)3/h4-6H,1-3H3. The van der Waals surface area contributed by atoms with Gasteiger partial charge < -0.3 is 4.90 Å². The summed E-state index contributed by atoms with van der Waals surface area (Å²) in [4.78, 5) is 13.0. The van der Waals surface area contributed by atoms with Gasteiger partial charge in [0.05, 0.1) is 0 Å². The molecule has 0 saturated carbocycles. The van der Waals surface area contributed by atoms with Crippen LogP contribution in [0.3, 0.4) is 0 Å². The van der Waals surface area contributed by atoms with Crippen molar-refractivity contribution in [3.63, 3.8) is 0 Å². The first kappa shape index (κ1) is 10.1. The van der Waals surface area contributed by atoms with Crippen molar-refractivity contribution in [3.05, 3.63) is 34.3 Å². The highest BCUT2D eigenvalue weighted by Gasteiger charge is 2.08. The number of aryl methyl sites for hydroxylation is 1. The van der Waals surface area contributed by atoms with Gasteiger partial charge in [0.1, 0.15) is 0 Å². The number of amides is 1. The van der Waals surface area contributed by atoms with Crippen molar-refractivity contribution in [2.24, 2.45) is 0 Å². The molecule has 1 amide bonds. The summed E-state index contributed by atoms with van der Waals surface area (Å²) in [5, 5.41) is 0.632. The number of nitrogens with zero attached hydrogens (tertiary/aromatic N) is 1. The maximum absolute atomic E-state index is 11.5. The molecule has 0 radical (unpaired) electrons. The fourth-order valence-electron chi connectivity index (χ4n) is 0.984. The van der Waals surface area contributed by atoms with Gasteiger partial charge in [-0.05, 0) is 24.6 Å². The van der Waals surface area contributed by atoms with Crippen LogP contribution in [-0.4, -0.2) is 24.9 Å². The molecule has 0 unspecified atom stereocenters. The average molecular weight is 198 g/mol. The first-order chi connectivity index (χ1) is 6.02. The molecule has 0 aliphatic heterocycles. The quantitative estimate of drug-likeness (QED) is 0.677. The Morgan fingerprint density at radius 2 is 2.00 bits per heavy atom. The third-order valence-electron chi connectivity index (χ3n) is 1.82. The number of carbonyl (C=O) groups excluding carboxylic acids is 1. The van der Waals surface area contributed by atoms with E-state index in [1.54, 1.807) is 26.2 Å². The van der Waals surface area contributed by atoms with Crippen LogP contribution in [0, 0.1) is 6.92 Å². The maximum atomic E-state index is 11.5. The first-order valence-electron chi connectivity index (χ1n) is 4.00. The van der Waals surface area contributed by atoms with Gasteiger partial charge in [-0.3, -0.25) is 4.79 Å². The van der Waals surface area contributed by atoms with Crippen LogP contribution in [0.4, 0.5) is 0 Å². The highest BCUT2D eigenvalue weighted by Crippen LogP contribution is 2.17. The zero-order chi connectivity index (χ0) is 10.0. The monoisotopic (exact) mass is 197 g/mol. The van der Waals surface area contributed by atoms with E-state index in [1.807, 2.05) is 13.0 Å². The van der Waals surface area contributed by atoms with Crippen molar-refractivity contribution in [2.75, 3.05) is 14.1 Å². The molecule has 1 aromatic rings. The summed E-state index contributed by atoms with van der Waals surface area (Å²) in [5.41, 5.74) is 1.61. The molecule has 2 nitrogen and oxygen atoms in total. The minimum Gasteiger partial charge on any atom is -0.345 e. The second-order valence-corrected chi connectivity index (χ2v) is 3.57. The molecule has 0 heterocycles. The van der Waals surface area contributed by atoms with E-state index in [0.717, 1.165) is 5.56 Å². The molecular weight excluding hydrogens is 186 g/mol. The highest BCUT2D eigenvalue weighted by atomic mass is 35.5. The van der Waals surface area contributed by atoms with Gasteiger partial charge in [-0.2, -0.15) is 0 Å². The Labute approximate surface area is 83.1 Å². The summed E-state index contributed by atoms with van der Waals surface area (Å²) < 4.78 is 0. The Kier molecular flexibility index (Phi) is 2.94. The van der Waals surface area contributed by atoms with Crippen LogP contribution in [0.5, 0.6) is 0 Å². The molecule has 3 heteroatoms. The molecular formula is C10H12ClNO. The zero-order valence-electron chi connectivity index (χ0n) is 7.97. The van der Waals surface area contributed by atoms with Crippen molar-refractivity contribution in [2.45, 2.75) is 6.92 Å². The molecule has 0 aromatic heterocycles. The topological polar surface area (TPSA) is 20.3 Å². The van der Waals surface area contributed by atoms with Crippen molar-refractivity contribution in [3.8, 4) is 0 Å². The van der Waals surface area contributed by atoms with Crippen LogP contribution in [0.2, 0.25) is 5.02 Å². The van der Waals surface area contributed by atoms with Gasteiger partial charge >= 0.3 is 0 Å². The smallest absolute Gasteiger partial charge is 0.253 e. The van der Waals surface area contributed by atoms with Gasteiger partial charge in [-0.25, -0.2) is 0 Å². The van der Waals surface area contributed by atoms with Crippen LogP contribution in [0.25, 0.3) is 0 Å². The summed E-state index contributed by atoms with van der Waals surface area (Å²) in [6, 6.07) is 5.32. The predicted molar refractivity (Wildman–Crippen MR) is 54.2 cm³/mol. The van der Waals surface area contributed by atoms with Crippen LogP contribution in [0.1, 0.15) is 15.9 Å². The van der Waals surface area contributed by atoms with E-state index in [0.29, 0.717) is 10.6 Å². The molecule has 0 aliphatic rings. The molecule has 1 aromatic carbocycles. The highest BCUT2D eigenvalue weighted by molar-refractivity contribution is 6.31. The lowest BCUT2D eigenvalue weighted by atomic mass is 10.1. The van der Waals surface area contributed by atoms with Gasteiger partial charge in [0.15, 0.2) is 0 Å². The van der Waals surface area contributed by atoms with E-state index in [2.05, 4.69) is 0 Å².